The van der Waals surface area contributed by atoms with Gasteiger partial charge in [-0.25, -0.2) is 0 Å². The molecule has 2 aromatic heterocycles. The Kier molecular flexibility index (Phi) is 4.40. The summed E-state index contributed by atoms with van der Waals surface area (Å²) in [5, 5.41) is 15.4. The summed E-state index contributed by atoms with van der Waals surface area (Å²) in [4.78, 5) is 14.9. The number of benzene rings is 2. The molecule has 7 heteroatoms. The van der Waals surface area contributed by atoms with Gasteiger partial charge in [0, 0.05) is 49.8 Å². The van der Waals surface area contributed by atoms with Gasteiger partial charge in [-0.05, 0) is 18.2 Å². The SMILES string of the molecule is Cn1c(=O)c(C#N)c(N2CCC(Oc3ccc4cnoc4c3)CC2)c2ccccc21. The van der Waals surface area contributed by atoms with Gasteiger partial charge in [-0.15, -0.1) is 0 Å². The zero-order valence-corrected chi connectivity index (χ0v) is 16.5. The minimum absolute atomic E-state index is 0.0602. The van der Waals surface area contributed by atoms with E-state index in [2.05, 4.69) is 16.1 Å². The van der Waals surface area contributed by atoms with Gasteiger partial charge in [0.1, 0.15) is 23.5 Å². The largest absolute Gasteiger partial charge is 0.490 e. The molecule has 30 heavy (non-hydrogen) atoms. The molecule has 0 spiro atoms. The van der Waals surface area contributed by atoms with Gasteiger partial charge in [-0.1, -0.05) is 23.4 Å². The van der Waals surface area contributed by atoms with Crippen molar-refractivity contribution in [3.8, 4) is 11.8 Å². The monoisotopic (exact) mass is 400 g/mol. The van der Waals surface area contributed by atoms with E-state index >= 15 is 0 Å². The lowest BCUT2D eigenvalue weighted by atomic mass is 10.0. The summed E-state index contributed by atoms with van der Waals surface area (Å²) in [7, 11) is 1.71. The fourth-order valence-electron chi connectivity index (χ4n) is 4.21. The van der Waals surface area contributed by atoms with Crippen molar-refractivity contribution in [3.63, 3.8) is 0 Å². The minimum Gasteiger partial charge on any atom is -0.490 e. The third-order valence-corrected chi connectivity index (χ3v) is 5.78. The van der Waals surface area contributed by atoms with Crippen LogP contribution in [0.5, 0.6) is 5.75 Å². The van der Waals surface area contributed by atoms with Crippen molar-refractivity contribution in [1.82, 2.24) is 9.72 Å². The Morgan fingerprint density at radius 2 is 2.00 bits per heavy atom. The lowest BCUT2D eigenvalue weighted by Gasteiger charge is -2.34. The molecule has 0 N–H and O–H groups in total. The highest BCUT2D eigenvalue weighted by atomic mass is 16.5. The van der Waals surface area contributed by atoms with E-state index in [9.17, 15) is 10.1 Å². The van der Waals surface area contributed by atoms with Gasteiger partial charge in [0.25, 0.3) is 5.56 Å². The molecule has 150 valence electrons. The number of piperidine rings is 1. The van der Waals surface area contributed by atoms with Crippen molar-refractivity contribution in [3.05, 3.63) is 64.6 Å². The highest BCUT2D eigenvalue weighted by Crippen LogP contribution is 2.31. The number of ether oxygens (including phenoxy) is 1. The summed E-state index contributed by atoms with van der Waals surface area (Å²) in [5.41, 5.74) is 2.21. The smallest absolute Gasteiger partial charge is 0.270 e. The lowest BCUT2D eigenvalue weighted by Crippen LogP contribution is -2.40. The summed E-state index contributed by atoms with van der Waals surface area (Å²) >= 11 is 0. The molecule has 1 aliphatic heterocycles. The molecule has 4 aromatic rings. The zero-order chi connectivity index (χ0) is 20.7. The molecule has 0 unspecified atom stereocenters. The first-order chi connectivity index (χ1) is 14.7. The number of pyridine rings is 1. The number of aromatic nitrogens is 2. The maximum atomic E-state index is 12.7. The third-order valence-electron chi connectivity index (χ3n) is 5.78. The summed E-state index contributed by atoms with van der Waals surface area (Å²) in [6.45, 7) is 1.42. The van der Waals surface area contributed by atoms with Gasteiger partial charge in [0.05, 0.1) is 17.4 Å². The molecule has 3 heterocycles. The lowest BCUT2D eigenvalue weighted by molar-refractivity contribution is 0.171. The number of aryl methyl sites for hydroxylation is 1. The Hall–Kier alpha value is -3.79. The highest BCUT2D eigenvalue weighted by Gasteiger charge is 2.26. The summed E-state index contributed by atoms with van der Waals surface area (Å²) in [5.74, 6) is 0.759. The van der Waals surface area contributed by atoms with Crippen LogP contribution in [0.1, 0.15) is 18.4 Å². The third kappa shape index (κ3) is 2.98. The van der Waals surface area contributed by atoms with E-state index in [1.54, 1.807) is 17.8 Å². The number of hydrogen-bond donors (Lipinski definition) is 0. The molecule has 0 aliphatic carbocycles. The van der Waals surface area contributed by atoms with Gasteiger partial charge in [-0.2, -0.15) is 5.26 Å². The normalized spacial score (nSPS) is 14.9. The molecule has 0 radical (unpaired) electrons. The maximum Gasteiger partial charge on any atom is 0.270 e. The van der Waals surface area contributed by atoms with Crippen LogP contribution in [-0.2, 0) is 7.05 Å². The summed E-state index contributed by atoms with van der Waals surface area (Å²) in [6, 6.07) is 15.6. The Morgan fingerprint density at radius 3 is 2.80 bits per heavy atom. The van der Waals surface area contributed by atoms with Gasteiger partial charge < -0.3 is 18.7 Å². The second-order valence-electron chi connectivity index (χ2n) is 7.55. The Bertz CT molecular complexity index is 1340. The van der Waals surface area contributed by atoms with Crippen LogP contribution >= 0.6 is 0 Å². The fourth-order valence-corrected chi connectivity index (χ4v) is 4.21. The van der Waals surface area contributed by atoms with Crippen molar-refractivity contribution in [2.45, 2.75) is 18.9 Å². The van der Waals surface area contributed by atoms with Crippen LogP contribution in [0.4, 0.5) is 5.69 Å². The van der Waals surface area contributed by atoms with Crippen LogP contribution in [-0.4, -0.2) is 28.9 Å². The van der Waals surface area contributed by atoms with E-state index in [0.717, 1.165) is 40.6 Å². The maximum absolute atomic E-state index is 12.7. The molecular formula is C23H20N4O3. The fraction of sp³-hybridized carbons (Fsp3) is 0.261. The minimum atomic E-state index is -0.259. The highest BCUT2D eigenvalue weighted by molar-refractivity contribution is 5.95. The first kappa shape index (κ1) is 18.3. The molecule has 0 atom stereocenters. The summed E-state index contributed by atoms with van der Waals surface area (Å²) < 4.78 is 12.9. The van der Waals surface area contributed by atoms with Crippen molar-refractivity contribution < 1.29 is 9.26 Å². The van der Waals surface area contributed by atoms with E-state index < -0.39 is 0 Å². The standard InChI is InChI=1S/C23H20N4O3/c1-26-20-5-3-2-4-18(20)22(19(13-24)23(26)28)27-10-8-16(9-11-27)29-17-7-6-15-14-25-30-21(15)12-17/h2-7,12,14,16H,8-11H2,1H3. The zero-order valence-electron chi connectivity index (χ0n) is 16.5. The predicted molar refractivity (Wildman–Crippen MR) is 114 cm³/mol. The van der Waals surface area contributed by atoms with E-state index in [1.165, 1.54) is 0 Å². The van der Waals surface area contributed by atoms with Crippen molar-refractivity contribution >= 4 is 27.6 Å². The molecule has 0 bridgehead atoms. The van der Waals surface area contributed by atoms with Crippen LogP contribution in [0.25, 0.3) is 21.9 Å². The quantitative estimate of drug-likeness (QED) is 0.522. The van der Waals surface area contributed by atoms with Crippen molar-refractivity contribution in [2.75, 3.05) is 18.0 Å². The van der Waals surface area contributed by atoms with Crippen molar-refractivity contribution in [2.24, 2.45) is 7.05 Å². The number of fused-ring (bicyclic) bond motifs is 2. The molecule has 2 aromatic carbocycles. The molecule has 5 rings (SSSR count). The average Bonchev–Trinajstić information content (AvgIpc) is 3.25. The van der Waals surface area contributed by atoms with Gasteiger partial charge in [0.15, 0.2) is 5.58 Å². The molecule has 1 fully saturated rings. The van der Waals surface area contributed by atoms with Crippen LogP contribution in [0.3, 0.4) is 0 Å². The Morgan fingerprint density at radius 1 is 1.20 bits per heavy atom. The van der Waals surface area contributed by atoms with Crippen LogP contribution in [0.2, 0.25) is 0 Å². The number of nitriles is 1. The van der Waals surface area contributed by atoms with Crippen LogP contribution in [0.15, 0.2) is 58.0 Å². The van der Waals surface area contributed by atoms with Crippen LogP contribution in [0, 0.1) is 11.3 Å². The number of nitrogens with zero attached hydrogens (tertiary/aromatic N) is 4. The number of rotatable bonds is 3. The Balaban J connectivity index is 1.40. The second-order valence-corrected chi connectivity index (χ2v) is 7.55. The van der Waals surface area contributed by atoms with Crippen LogP contribution < -0.4 is 15.2 Å². The van der Waals surface area contributed by atoms with Gasteiger partial charge in [0.2, 0.25) is 0 Å². The molecule has 0 saturated carbocycles. The van der Waals surface area contributed by atoms with E-state index in [1.807, 2.05) is 42.5 Å². The molecular weight excluding hydrogens is 380 g/mol. The van der Waals surface area contributed by atoms with E-state index in [0.29, 0.717) is 18.7 Å². The number of hydrogen-bond acceptors (Lipinski definition) is 6. The molecule has 0 amide bonds. The van der Waals surface area contributed by atoms with Gasteiger partial charge in [-0.3, -0.25) is 4.79 Å². The summed E-state index contributed by atoms with van der Waals surface area (Å²) in [6.07, 6.45) is 3.33. The number of para-hydroxylation sites is 1. The van der Waals surface area contributed by atoms with E-state index in [4.69, 9.17) is 9.26 Å². The second kappa shape index (κ2) is 7.23. The first-order valence-corrected chi connectivity index (χ1v) is 9.93. The number of anilines is 1. The molecule has 7 nitrogen and oxygen atoms in total. The molecule has 1 aliphatic rings. The first-order valence-electron chi connectivity index (χ1n) is 9.93. The topological polar surface area (TPSA) is 84.3 Å². The predicted octanol–water partition coefficient (Wildman–Crippen LogP) is 3.60. The van der Waals surface area contributed by atoms with E-state index in [-0.39, 0.29) is 17.2 Å². The van der Waals surface area contributed by atoms with Crippen molar-refractivity contribution in [1.29, 1.82) is 5.26 Å². The van der Waals surface area contributed by atoms with Gasteiger partial charge >= 0.3 is 0 Å². The molecule has 1 saturated heterocycles. The average molecular weight is 400 g/mol. The Labute approximate surface area is 172 Å².